The fourth-order valence-corrected chi connectivity index (χ4v) is 2.39. The molecule has 0 fully saturated rings. The summed E-state index contributed by atoms with van der Waals surface area (Å²) in [5, 5.41) is 15.1. The molecule has 2 aromatic rings. The van der Waals surface area contributed by atoms with E-state index < -0.39 is 5.60 Å². The fraction of sp³-hybridized carbons (Fsp3) is 0.471. The third-order valence-electron chi connectivity index (χ3n) is 3.70. The summed E-state index contributed by atoms with van der Waals surface area (Å²) in [5.74, 6) is 0. The topological polar surface area (TPSA) is 38.0 Å². The van der Waals surface area contributed by atoms with E-state index in [9.17, 15) is 5.11 Å². The van der Waals surface area contributed by atoms with Crippen LogP contribution < -0.4 is 0 Å². The molecule has 0 bridgehead atoms. The summed E-state index contributed by atoms with van der Waals surface area (Å²) in [6, 6.07) is 12.5. The largest absolute Gasteiger partial charge is 0.389 e. The Labute approximate surface area is 121 Å². The van der Waals surface area contributed by atoms with Gasteiger partial charge in [0.25, 0.3) is 0 Å². The first-order valence-corrected chi connectivity index (χ1v) is 7.30. The summed E-state index contributed by atoms with van der Waals surface area (Å²) in [4.78, 5) is 0. The van der Waals surface area contributed by atoms with Gasteiger partial charge in [-0.1, -0.05) is 37.3 Å². The number of hydrogen-bond donors (Lipinski definition) is 1. The predicted molar refractivity (Wildman–Crippen MR) is 81.7 cm³/mol. The minimum atomic E-state index is -0.768. The molecular weight excluding hydrogens is 248 g/mol. The minimum Gasteiger partial charge on any atom is -0.389 e. The Morgan fingerprint density at radius 1 is 1.20 bits per heavy atom. The van der Waals surface area contributed by atoms with Crippen LogP contribution in [0, 0.1) is 0 Å². The lowest BCUT2D eigenvalue weighted by Gasteiger charge is -2.22. The molecule has 0 aliphatic heterocycles. The van der Waals surface area contributed by atoms with Gasteiger partial charge in [0.15, 0.2) is 0 Å². The van der Waals surface area contributed by atoms with Crippen molar-refractivity contribution in [1.82, 2.24) is 9.78 Å². The molecule has 20 heavy (non-hydrogen) atoms. The molecule has 0 spiro atoms. The Kier molecular flexibility index (Phi) is 4.61. The Hall–Kier alpha value is -1.61. The maximum Gasteiger partial charge on any atom is 0.0715 e. The van der Waals surface area contributed by atoms with Crippen molar-refractivity contribution >= 4 is 0 Å². The summed E-state index contributed by atoms with van der Waals surface area (Å²) < 4.78 is 1.98. The monoisotopic (exact) mass is 272 g/mol. The molecule has 0 saturated heterocycles. The van der Waals surface area contributed by atoms with Crippen molar-refractivity contribution in [3.8, 4) is 0 Å². The lowest BCUT2D eigenvalue weighted by atomic mass is 9.92. The molecule has 1 aromatic heterocycles. The molecule has 3 heteroatoms. The van der Waals surface area contributed by atoms with Gasteiger partial charge >= 0.3 is 0 Å². The van der Waals surface area contributed by atoms with Crippen LogP contribution in [-0.4, -0.2) is 20.5 Å². The molecular formula is C17H24N2O. The molecule has 2 unspecified atom stereocenters. The van der Waals surface area contributed by atoms with E-state index in [1.165, 1.54) is 0 Å². The highest BCUT2D eigenvalue weighted by molar-refractivity contribution is 5.18. The normalized spacial score (nSPS) is 15.8. The predicted octanol–water partition coefficient (Wildman–Crippen LogP) is 3.39. The van der Waals surface area contributed by atoms with Gasteiger partial charge in [0.1, 0.15) is 0 Å². The van der Waals surface area contributed by atoms with E-state index in [1.54, 1.807) is 0 Å². The minimum absolute atomic E-state index is 0.405. The third kappa shape index (κ3) is 3.94. The van der Waals surface area contributed by atoms with Gasteiger partial charge < -0.3 is 5.11 Å². The van der Waals surface area contributed by atoms with Gasteiger partial charge in [-0.2, -0.15) is 5.10 Å². The van der Waals surface area contributed by atoms with Gasteiger partial charge in [0, 0.05) is 25.1 Å². The van der Waals surface area contributed by atoms with Crippen LogP contribution in [0.2, 0.25) is 0 Å². The number of aliphatic hydroxyl groups is 1. The lowest BCUT2D eigenvalue weighted by molar-refractivity contribution is 0.0596. The highest BCUT2D eigenvalue weighted by Crippen LogP contribution is 2.19. The van der Waals surface area contributed by atoms with E-state index in [1.807, 2.05) is 54.2 Å². The molecule has 0 amide bonds. The van der Waals surface area contributed by atoms with Gasteiger partial charge in [-0.3, -0.25) is 4.68 Å². The van der Waals surface area contributed by atoms with Gasteiger partial charge in [0.05, 0.1) is 11.3 Å². The van der Waals surface area contributed by atoms with Crippen LogP contribution >= 0.6 is 0 Å². The van der Waals surface area contributed by atoms with E-state index in [0.717, 1.165) is 17.7 Å². The number of benzene rings is 1. The van der Waals surface area contributed by atoms with Crippen LogP contribution in [-0.2, 0) is 12.8 Å². The second kappa shape index (κ2) is 6.23. The summed E-state index contributed by atoms with van der Waals surface area (Å²) >= 11 is 0. The smallest absolute Gasteiger partial charge is 0.0715 e. The zero-order chi connectivity index (χ0) is 14.6. The summed E-state index contributed by atoms with van der Waals surface area (Å²) in [5.41, 5.74) is 1.33. The van der Waals surface area contributed by atoms with Crippen molar-refractivity contribution in [2.24, 2.45) is 0 Å². The highest BCUT2D eigenvalue weighted by Gasteiger charge is 2.23. The average molecular weight is 272 g/mol. The summed E-state index contributed by atoms with van der Waals surface area (Å²) in [7, 11) is 0. The average Bonchev–Trinajstić information content (AvgIpc) is 2.86. The van der Waals surface area contributed by atoms with E-state index in [2.05, 4.69) is 18.9 Å². The molecule has 0 saturated carbocycles. The summed E-state index contributed by atoms with van der Waals surface area (Å²) in [6.45, 7) is 6.18. The molecule has 1 heterocycles. The SMILES string of the molecule is CCC(C)n1ccc(CC(C)(O)Cc2ccccc2)n1. The molecule has 1 aromatic carbocycles. The lowest BCUT2D eigenvalue weighted by Crippen LogP contribution is -2.30. The van der Waals surface area contributed by atoms with Crippen molar-refractivity contribution in [2.45, 2.75) is 51.7 Å². The molecule has 2 atom stereocenters. The van der Waals surface area contributed by atoms with Gasteiger partial charge in [-0.25, -0.2) is 0 Å². The Balaban J connectivity index is 2.02. The molecule has 0 aliphatic rings. The third-order valence-corrected chi connectivity index (χ3v) is 3.70. The number of aromatic nitrogens is 2. The standard InChI is InChI=1S/C17H24N2O/c1-4-14(2)19-11-10-16(18-19)13-17(3,20)12-15-8-6-5-7-9-15/h5-11,14,20H,4,12-13H2,1-3H3. The van der Waals surface area contributed by atoms with E-state index >= 15 is 0 Å². The fourth-order valence-electron chi connectivity index (χ4n) is 2.39. The number of hydrogen-bond acceptors (Lipinski definition) is 2. The molecule has 0 radical (unpaired) electrons. The van der Waals surface area contributed by atoms with Crippen molar-refractivity contribution in [3.05, 3.63) is 53.9 Å². The van der Waals surface area contributed by atoms with E-state index in [0.29, 0.717) is 18.9 Å². The number of nitrogens with zero attached hydrogens (tertiary/aromatic N) is 2. The van der Waals surface area contributed by atoms with E-state index in [-0.39, 0.29) is 0 Å². The first-order chi connectivity index (χ1) is 9.50. The van der Waals surface area contributed by atoms with Gasteiger partial charge in [-0.05, 0) is 31.9 Å². The highest BCUT2D eigenvalue weighted by atomic mass is 16.3. The molecule has 3 nitrogen and oxygen atoms in total. The van der Waals surface area contributed by atoms with Crippen LogP contribution in [0.3, 0.4) is 0 Å². The van der Waals surface area contributed by atoms with Crippen molar-refractivity contribution in [1.29, 1.82) is 0 Å². The molecule has 0 aliphatic carbocycles. The van der Waals surface area contributed by atoms with Crippen molar-refractivity contribution < 1.29 is 5.11 Å². The van der Waals surface area contributed by atoms with E-state index in [4.69, 9.17) is 0 Å². The zero-order valence-electron chi connectivity index (χ0n) is 12.6. The van der Waals surface area contributed by atoms with Gasteiger partial charge in [-0.15, -0.1) is 0 Å². The first kappa shape index (κ1) is 14.8. The van der Waals surface area contributed by atoms with Crippen LogP contribution in [0.4, 0.5) is 0 Å². The summed E-state index contributed by atoms with van der Waals surface area (Å²) in [6.07, 6.45) is 4.28. The first-order valence-electron chi connectivity index (χ1n) is 7.30. The van der Waals surface area contributed by atoms with Gasteiger partial charge in [0.2, 0.25) is 0 Å². The Morgan fingerprint density at radius 3 is 2.55 bits per heavy atom. The quantitative estimate of drug-likeness (QED) is 0.875. The maximum absolute atomic E-state index is 10.6. The molecule has 2 rings (SSSR count). The maximum atomic E-state index is 10.6. The Morgan fingerprint density at radius 2 is 1.90 bits per heavy atom. The molecule has 108 valence electrons. The second-order valence-electron chi connectivity index (χ2n) is 5.88. The van der Waals surface area contributed by atoms with Crippen LogP contribution in [0.15, 0.2) is 42.6 Å². The zero-order valence-corrected chi connectivity index (χ0v) is 12.6. The number of rotatable bonds is 6. The molecule has 1 N–H and O–H groups in total. The van der Waals surface area contributed by atoms with Crippen molar-refractivity contribution in [3.63, 3.8) is 0 Å². The van der Waals surface area contributed by atoms with Crippen LogP contribution in [0.1, 0.15) is 44.5 Å². The Bertz CT molecular complexity index is 531. The van der Waals surface area contributed by atoms with Crippen LogP contribution in [0.25, 0.3) is 0 Å². The van der Waals surface area contributed by atoms with Crippen molar-refractivity contribution in [2.75, 3.05) is 0 Å². The van der Waals surface area contributed by atoms with Crippen LogP contribution in [0.5, 0.6) is 0 Å². The second-order valence-corrected chi connectivity index (χ2v) is 5.88.